The van der Waals surface area contributed by atoms with Crippen LogP contribution in [0.1, 0.15) is 5.56 Å². The van der Waals surface area contributed by atoms with Gasteiger partial charge in [0, 0.05) is 12.2 Å². The first-order chi connectivity index (χ1) is 8.93. The number of anilines is 1. The monoisotopic (exact) mass is 268 g/mol. The van der Waals surface area contributed by atoms with Crippen molar-refractivity contribution in [3.63, 3.8) is 0 Å². The topological polar surface area (TPSA) is 101 Å². The lowest BCUT2D eigenvalue weighted by atomic mass is 10.1. The minimum Gasteiger partial charge on any atom is -0.368 e. The SMILES string of the molecule is CNCc1cc(F)ccc1N(CC(N)=O)CC(N)=O. The third kappa shape index (κ3) is 4.55. The number of nitrogens with two attached hydrogens (primary N) is 2. The van der Waals surface area contributed by atoms with Gasteiger partial charge >= 0.3 is 0 Å². The predicted molar refractivity (Wildman–Crippen MR) is 69.8 cm³/mol. The van der Waals surface area contributed by atoms with Gasteiger partial charge in [-0.15, -0.1) is 0 Å². The van der Waals surface area contributed by atoms with Gasteiger partial charge in [0.15, 0.2) is 0 Å². The zero-order chi connectivity index (χ0) is 14.4. The summed E-state index contributed by atoms with van der Waals surface area (Å²) in [7, 11) is 1.71. The van der Waals surface area contributed by atoms with E-state index in [0.29, 0.717) is 17.8 Å². The van der Waals surface area contributed by atoms with Crippen molar-refractivity contribution in [2.24, 2.45) is 11.5 Å². The number of amides is 2. The van der Waals surface area contributed by atoms with Crippen LogP contribution < -0.4 is 21.7 Å². The average Bonchev–Trinajstić information content (AvgIpc) is 2.27. The number of primary amides is 2. The first kappa shape index (κ1) is 14.9. The fourth-order valence-electron chi connectivity index (χ4n) is 1.80. The minimum atomic E-state index is -0.596. The van der Waals surface area contributed by atoms with E-state index in [-0.39, 0.29) is 13.1 Å². The van der Waals surface area contributed by atoms with E-state index in [1.165, 1.54) is 23.1 Å². The highest BCUT2D eigenvalue weighted by Gasteiger charge is 2.16. The maximum Gasteiger partial charge on any atom is 0.236 e. The average molecular weight is 268 g/mol. The van der Waals surface area contributed by atoms with Gasteiger partial charge in [0.2, 0.25) is 11.8 Å². The molecule has 104 valence electrons. The van der Waals surface area contributed by atoms with Crippen LogP contribution in [0.25, 0.3) is 0 Å². The van der Waals surface area contributed by atoms with E-state index < -0.39 is 17.6 Å². The van der Waals surface area contributed by atoms with E-state index in [9.17, 15) is 14.0 Å². The highest BCUT2D eigenvalue weighted by atomic mass is 19.1. The third-order valence-electron chi connectivity index (χ3n) is 2.44. The number of carbonyl (C=O) groups excluding carboxylic acids is 2. The van der Waals surface area contributed by atoms with Crippen LogP contribution in [0.15, 0.2) is 18.2 Å². The lowest BCUT2D eigenvalue weighted by molar-refractivity contribution is -0.117. The van der Waals surface area contributed by atoms with Gasteiger partial charge in [-0.25, -0.2) is 4.39 Å². The Morgan fingerprint density at radius 1 is 1.26 bits per heavy atom. The Morgan fingerprint density at radius 2 is 1.84 bits per heavy atom. The molecular formula is C12H17FN4O2. The van der Waals surface area contributed by atoms with Crippen molar-refractivity contribution in [1.82, 2.24) is 5.32 Å². The van der Waals surface area contributed by atoms with E-state index >= 15 is 0 Å². The van der Waals surface area contributed by atoms with E-state index in [2.05, 4.69) is 5.32 Å². The lowest BCUT2D eigenvalue weighted by Gasteiger charge is -2.24. The van der Waals surface area contributed by atoms with Crippen LogP contribution in [0.2, 0.25) is 0 Å². The molecule has 0 aliphatic rings. The summed E-state index contributed by atoms with van der Waals surface area (Å²) in [6, 6.07) is 4.08. The summed E-state index contributed by atoms with van der Waals surface area (Å²) < 4.78 is 13.2. The first-order valence-corrected chi connectivity index (χ1v) is 5.68. The molecule has 6 nitrogen and oxygen atoms in total. The van der Waals surface area contributed by atoms with Gasteiger partial charge in [-0.05, 0) is 30.8 Å². The van der Waals surface area contributed by atoms with Gasteiger partial charge in [0.05, 0.1) is 13.1 Å². The summed E-state index contributed by atoms with van der Waals surface area (Å²) in [5.74, 6) is -1.59. The fraction of sp³-hybridized carbons (Fsp3) is 0.333. The normalized spacial score (nSPS) is 10.2. The predicted octanol–water partition coefficient (Wildman–Crippen LogP) is -0.678. The van der Waals surface area contributed by atoms with Crippen LogP contribution in [0.4, 0.5) is 10.1 Å². The first-order valence-electron chi connectivity index (χ1n) is 5.68. The number of halogens is 1. The van der Waals surface area contributed by atoms with Gasteiger partial charge < -0.3 is 21.7 Å². The zero-order valence-electron chi connectivity index (χ0n) is 10.6. The largest absolute Gasteiger partial charge is 0.368 e. The summed E-state index contributed by atoms with van der Waals surface area (Å²) in [5, 5.41) is 2.89. The Morgan fingerprint density at radius 3 is 2.32 bits per heavy atom. The minimum absolute atomic E-state index is 0.161. The summed E-state index contributed by atoms with van der Waals surface area (Å²) >= 11 is 0. The number of rotatable bonds is 7. The molecule has 1 rings (SSSR count). The molecule has 0 spiro atoms. The molecule has 0 aromatic heterocycles. The van der Waals surface area contributed by atoms with Crippen LogP contribution in [0.3, 0.4) is 0 Å². The summed E-state index contributed by atoms with van der Waals surface area (Å²) in [6.07, 6.45) is 0. The Labute approximate surface area is 110 Å². The van der Waals surface area contributed by atoms with Gasteiger partial charge in [0.1, 0.15) is 5.82 Å². The Balaban J connectivity index is 3.12. The molecule has 0 bridgehead atoms. The van der Waals surface area contributed by atoms with Crippen molar-refractivity contribution in [2.45, 2.75) is 6.54 Å². The molecule has 0 saturated carbocycles. The van der Waals surface area contributed by atoms with Gasteiger partial charge in [0.25, 0.3) is 0 Å². The summed E-state index contributed by atoms with van der Waals surface area (Å²) in [4.78, 5) is 23.5. The smallest absolute Gasteiger partial charge is 0.236 e. The van der Waals surface area contributed by atoms with Crippen LogP contribution in [-0.2, 0) is 16.1 Å². The Kier molecular flexibility index (Phi) is 5.25. The Bertz CT molecular complexity index is 463. The molecule has 0 fully saturated rings. The molecule has 19 heavy (non-hydrogen) atoms. The second kappa shape index (κ2) is 6.69. The number of benzene rings is 1. The molecule has 0 unspecified atom stereocenters. The number of nitrogens with zero attached hydrogens (tertiary/aromatic N) is 1. The van der Waals surface area contributed by atoms with Gasteiger partial charge in [-0.3, -0.25) is 9.59 Å². The molecule has 1 aromatic rings. The van der Waals surface area contributed by atoms with Crippen molar-refractivity contribution >= 4 is 17.5 Å². The van der Waals surface area contributed by atoms with Crippen molar-refractivity contribution in [2.75, 3.05) is 25.0 Å². The van der Waals surface area contributed by atoms with Crippen LogP contribution >= 0.6 is 0 Å². The quantitative estimate of drug-likeness (QED) is 0.610. The van der Waals surface area contributed by atoms with Gasteiger partial charge in [-0.2, -0.15) is 0 Å². The number of nitrogens with one attached hydrogen (secondary N) is 1. The molecule has 2 amide bonds. The second-order valence-corrected chi connectivity index (χ2v) is 4.09. The van der Waals surface area contributed by atoms with Gasteiger partial charge in [-0.1, -0.05) is 0 Å². The number of hydrogen-bond donors (Lipinski definition) is 3. The zero-order valence-corrected chi connectivity index (χ0v) is 10.6. The molecule has 0 saturated heterocycles. The molecule has 0 aliphatic heterocycles. The molecule has 0 aliphatic carbocycles. The molecule has 0 heterocycles. The maximum absolute atomic E-state index is 13.2. The number of carbonyl (C=O) groups is 2. The summed E-state index contributed by atoms with van der Waals surface area (Å²) in [5.41, 5.74) is 11.4. The number of hydrogen-bond acceptors (Lipinski definition) is 4. The molecule has 0 atom stereocenters. The molecule has 0 radical (unpaired) electrons. The van der Waals surface area contributed by atoms with Crippen LogP contribution in [-0.4, -0.2) is 32.0 Å². The molecular weight excluding hydrogens is 251 g/mol. The summed E-state index contributed by atoms with van der Waals surface area (Å²) in [6.45, 7) is 0.0672. The van der Waals surface area contributed by atoms with E-state index in [4.69, 9.17) is 11.5 Å². The van der Waals surface area contributed by atoms with E-state index in [1.807, 2.05) is 0 Å². The van der Waals surface area contributed by atoms with Crippen LogP contribution in [0.5, 0.6) is 0 Å². The fourth-order valence-corrected chi connectivity index (χ4v) is 1.80. The van der Waals surface area contributed by atoms with Crippen molar-refractivity contribution in [3.05, 3.63) is 29.6 Å². The second-order valence-electron chi connectivity index (χ2n) is 4.09. The van der Waals surface area contributed by atoms with Crippen molar-refractivity contribution in [3.8, 4) is 0 Å². The maximum atomic E-state index is 13.2. The molecule has 7 heteroatoms. The molecule has 1 aromatic carbocycles. The highest BCUT2D eigenvalue weighted by molar-refractivity contribution is 5.85. The highest BCUT2D eigenvalue weighted by Crippen LogP contribution is 2.21. The Hall–Kier alpha value is -2.15. The van der Waals surface area contributed by atoms with E-state index in [0.717, 1.165) is 0 Å². The standard InChI is InChI=1S/C12H17FN4O2/c1-16-5-8-4-9(13)2-3-10(8)17(6-11(14)18)7-12(15)19/h2-4,16H,5-7H2,1H3,(H2,14,18)(H2,15,19). The third-order valence-corrected chi connectivity index (χ3v) is 2.44. The van der Waals surface area contributed by atoms with Crippen molar-refractivity contribution < 1.29 is 14.0 Å². The van der Waals surface area contributed by atoms with Crippen molar-refractivity contribution in [1.29, 1.82) is 0 Å². The lowest BCUT2D eigenvalue weighted by Crippen LogP contribution is -2.40. The van der Waals surface area contributed by atoms with E-state index in [1.54, 1.807) is 7.05 Å². The molecule has 5 N–H and O–H groups in total. The van der Waals surface area contributed by atoms with Crippen LogP contribution in [0, 0.1) is 5.82 Å².